The summed E-state index contributed by atoms with van der Waals surface area (Å²) in [6.07, 6.45) is -2.91. The van der Waals surface area contributed by atoms with Crippen molar-refractivity contribution < 1.29 is 13.2 Å². The average Bonchev–Trinajstić information content (AvgIpc) is 2.28. The van der Waals surface area contributed by atoms with E-state index in [9.17, 15) is 13.2 Å². The molecule has 5 heteroatoms. The minimum absolute atomic E-state index is 0.0845. The number of benzene rings is 1. The van der Waals surface area contributed by atoms with Crippen LogP contribution in [0.15, 0.2) is 47.1 Å². The smallest absolute Gasteiger partial charge is 0.256 e. The fraction of sp³-hybridized carbons (Fsp3) is 0.0833. The Bertz CT molecular complexity index is 537. The van der Waals surface area contributed by atoms with Crippen molar-refractivity contribution in [2.75, 3.05) is 0 Å². The van der Waals surface area contributed by atoms with Gasteiger partial charge in [-0.1, -0.05) is 34.1 Å². The van der Waals surface area contributed by atoms with Crippen LogP contribution in [0.25, 0.3) is 11.3 Å². The summed E-state index contributed by atoms with van der Waals surface area (Å²) in [4.78, 5) is 3.95. The van der Waals surface area contributed by atoms with E-state index in [4.69, 9.17) is 0 Å². The second-order valence-electron chi connectivity index (χ2n) is 3.40. The zero-order valence-corrected chi connectivity index (χ0v) is 10.1. The van der Waals surface area contributed by atoms with Crippen LogP contribution in [0.2, 0.25) is 0 Å². The molecule has 2 rings (SSSR count). The van der Waals surface area contributed by atoms with Gasteiger partial charge in [0.1, 0.15) is 0 Å². The summed E-state index contributed by atoms with van der Waals surface area (Å²) >= 11 is 3.21. The molecule has 1 aromatic heterocycles. The van der Waals surface area contributed by atoms with Crippen LogP contribution in [0.5, 0.6) is 0 Å². The summed E-state index contributed by atoms with van der Waals surface area (Å²) in [6, 6.07) is 8.62. The van der Waals surface area contributed by atoms with Crippen molar-refractivity contribution in [3.8, 4) is 11.3 Å². The van der Waals surface area contributed by atoms with Crippen molar-refractivity contribution in [3.63, 3.8) is 0 Å². The maximum atomic E-state index is 12.8. The Morgan fingerprint density at radius 3 is 2.41 bits per heavy atom. The molecule has 0 fully saturated rings. The zero-order chi connectivity index (χ0) is 12.5. The van der Waals surface area contributed by atoms with E-state index in [1.54, 1.807) is 18.2 Å². The van der Waals surface area contributed by atoms with Gasteiger partial charge >= 0.3 is 6.18 Å². The third-order valence-corrected chi connectivity index (χ3v) is 2.72. The fourth-order valence-electron chi connectivity index (χ4n) is 1.51. The van der Waals surface area contributed by atoms with Gasteiger partial charge in [0.25, 0.3) is 0 Å². The molecule has 0 bridgehead atoms. The Morgan fingerprint density at radius 2 is 1.76 bits per heavy atom. The average molecular weight is 302 g/mol. The molecule has 0 radical (unpaired) electrons. The lowest BCUT2D eigenvalue weighted by Gasteiger charge is -2.12. The zero-order valence-electron chi connectivity index (χ0n) is 8.50. The van der Waals surface area contributed by atoms with Gasteiger partial charge in [-0.15, -0.1) is 0 Å². The summed E-state index contributed by atoms with van der Waals surface area (Å²) in [7, 11) is 0. The first-order valence-electron chi connectivity index (χ1n) is 4.76. The SMILES string of the molecule is FC(F)(F)c1ccccc1-c1cc(Br)ccn1. The second kappa shape index (κ2) is 4.49. The van der Waals surface area contributed by atoms with Crippen LogP contribution in [0.3, 0.4) is 0 Å². The van der Waals surface area contributed by atoms with E-state index in [0.717, 1.165) is 6.07 Å². The molecule has 0 amide bonds. The van der Waals surface area contributed by atoms with Gasteiger partial charge in [0.05, 0.1) is 11.3 Å². The Morgan fingerprint density at radius 1 is 1.06 bits per heavy atom. The molecule has 0 spiro atoms. The summed E-state index contributed by atoms with van der Waals surface area (Å²) < 4.78 is 39.1. The standard InChI is InChI=1S/C12H7BrF3N/c13-8-5-6-17-11(7-8)9-3-1-2-4-10(9)12(14,15)16/h1-7H. The van der Waals surface area contributed by atoms with Crippen molar-refractivity contribution in [3.05, 3.63) is 52.6 Å². The number of hydrogen-bond acceptors (Lipinski definition) is 1. The molecule has 0 aliphatic heterocycles. The predicted octanol–water partition coefficient (Wildman–Crippen LogP) is 4.53. The minimum Gasteiger partial charge on any atom is -0.256 e. The van der Waals surface area contributed by atoms with Crippen LogP contribution >= 0.6 is 15.9 Å². The highest BCUT2D eigenvalue weighted by Gasteiger charge is 2.33. The van der Waals surface area contributed by atoms with E-state index in [-0.39, 0.29) is 5.56 Å². The van der Waals surface area contributed by atoms with Crippen LogP contribution in [0, 0.1) is 0 Å². The van der Waals surface area contributed by atoms with Crippen molar-refractivity contribution in [2.24, 2.45) is 0 Å². The molecule has 1 heterocycles. The molecule has 88 valence electrons. The van der Waals surface area contributed by atoms with Crippen LogP contribution in [0.1, 0.15) is 5.56 Å². The van der Waals surface area contributed by atoms with E-state index in [1.807, 2.05) is 0 Å². The van der Waals surface area contributed by atoms with Gasteiger partial charge in [-0.05, 0) is 18.2 Å². The van der Waals surface area contributed by atoms with Crippen molar-refractivity contribution in [2.45, 2.75) is 6.18 Å². The number of hydrogen-bond donors (Lipinski definition) is 0. The lowest BCUT2D eigenvalue weighted by Crippen LogP contribution is -2.07. The largest absolute Gasteiger partial charge is 0.417 e. The summed E-state index contributed by atoms with van der Waals surface area (Å²) in [5, 5.41) is 0. The van der Waals surface area contributed by atoms with E-state index in [1.165, 1.54) is 18.3 Å². The highest BCUT2D eigenvalue weighted by molar-refractivity contribution is 9.10. The normalized spacial score (nSPS) is 11.5. The van der Waals surface area contributed by atoms with Gasteiger partial charge in [0, 0.05) is 16.2 Å². The first-order valence-corrected chi connectivity index (χ1v) is 5.56. The van der Waals surface area contributed by atoms with E-state index in [2.05, 4.69) is 20.9 Å². The van der Waals surface area contributed by atoms with E-state index in [0.29, 0.717) is 10.2 Å². The topological polar surface area (TPSA) is 12.9 Å². The Hall–Kier alpha value is -1.36. The molecule has 1 nitrogen and oxygen atoms in total. The number of alkyl halides is 3. The van der Waals surface area contributed by atoms with Crippen molar-refractivity contribution in [1.29, 1.82) is 0 Å². The molecule has 1 aromatic carbocycles. The predicted molar refractivity (Wildman–Crippen MR) is 62.4 cm³/mol. The molecule has 17 heavy (non-hydrogen) atoms. The molecule has 0 saturated carbocycles. The third kappa shape index (κ3) is 2.66. The first-order chi connectivity index (χ1) is 7.98. The van der Waals surface area contributed by atoms with Crippen LogP contribution in [-0.2, 0) is 6.18 Å². The number of rotatable bonds is 1. The van der Waals surface area contributed by atoms with Crippen LogP contribution in [-0.4, -0.2) is 4.98 Å². The van der Waals surface area contributed by atoms with Gasteiger partial charge in [-0.3, -0.25) is 4.98 Å². The highest BCUT2D eigenvalue weighted by Crippen LogP contribution is 2.36. The van der Waals surface area contributed by atoms with Gasteiger partial charge in [-0.25, -0.2) is 0 Å². The quantitative estimate of drug-likeness (QED) is 0.754. The summed E-state index contributed by atoms with van der Waals surface area (Å²) in [5.41, 5.74) is -0.292. The number of nitrogens with zero attached hydrogens (tertiary/aromatic N) is 1. The Kier molecular flexibility index (Phi) is 3.19. The van der Waals surface area contributed by atoms with Crippen molar-refractivity contribution in [1.82, 2.24) is 4.98 Å². The summed E-state index contributed by atoms with van der Waals surface area (Å²) in [6.45, 7) is 0. The number of pyridine rings is 1. The highest BCUT2D eigenvalue weighted by atomic mass is 79.9. The van der Waals surface area contributed by atoms with Crippen LogP contribution in [0.4, 0.5) is 13.2 Å². The van der Waals surface area contributed by atoms with Gasteiger partial charge < -0.3 is 0 Å². The first kappa shape index (κ1) is 12.1. The number of halogens is 4. The van der Waals surface area contributed by atoms with E-state index < -0.39 is 11.7 Å². The van der Waals surface area contributed by atoms with E-state index >= 15 is 0 Å². The monoisotopic (exact) mass is 301 g/mol. The molecular weight excluding hydrogens is 295 g/mol. The second-order valence-corrected chi connectivity index (χ2v) is 4.32. The van der Waals surface area contributed by atoms with Crippen LogP contribution < -0.4 is 0 Å². The minimum atomic E-state index is -4.37. The molecule has 0 saturated heterocycles. The van der Waals surface area contributed by atoms with Gasteiger partial charge in [-0.2, -0.15) is 13.2 Å². The van der Waals surface area contributed by atoms with Gasteiger partial charge in [0.15, 0.2) is 0 Å². The lowest BCUT2D eigenvalue weighted by molar-refractivity contribution is -0.137. The molecule has 0 unspecified atom stereocenters. The molecule has 0 aliphatic rings. The van der Waals surface area contributed by atoms with Gasteiger partial charge in [0.2, 0.25) is 0 Å². The molecule has 0 aliphatic carbocycles. The fourth-order valence-corrected chi connectivity index (χ4v) is 1.84. The third-order valence-electron chi connectivity index (χ3n) is 2.23. The Balaban J connectivity index is 2.60. The molecule has 2 aromatic rings. The number of aromatic nitrogens is 1. The summed E-state index contributed by atoms with van der Waals surface area (Å²) in [5.74, 6) is 0. The molecular formula is C12H7BrF3N. The maximum Gasteiger partial charge on any atom is 0.417 e. The molecule has 0 N–H and O–H groups in total. The lowest BCUT2D eigenvalue weighted by atomic mass is 10.0. The van der Waals surface area contributed by atoms with Crippen molar-refractivity contribution >= 4 is 15.9 Å². The Labute approximate surface area is 104 Å². The molecule has 0 atom stereocenters. The maximum absolute atomic E-state index is 12.8.